The van der Waals surface area contributed by atoms with E-state index < -0.39 is 7.81 Å². The smallest absolute Gasteiger partial charge is 0.195 e. The van der Waals surface area contributed by atoms with Crippen LogP contribution in [0.5, 0.6) is 0 Å². The Morgan fingerprint density at radius 2 is 1.14 bits per heavy atom. The maximum absolute atomic E-state index is 12.3. The zero-order chi connectivity index (χ0) is 26.5. The SMILES string of the molecule is F[P-](F)(F)(F)(F)F.O=C(/C=C/c1ccc([S+](c2ccccc2)c2ccccc2)cc1)c1ccc(Br)s1. The summed E-state index contributed by atoms with van der Waals surface area (Å²) in [6, 6.07) is 33.4. The van der Waals surface area contributed by atoms with E-state index in [-0.39, 0.29) is 16.7 Å². The summed E-state index contributed by atoms with van der Waals surface area (Å²) in [4.78, 5) is 16.9. The Morgan fingerprint density at radius 3 is 1.56 bits per heavy atom. The van der Waals surface area contributed by atoms with Crippen LogP contribution >= 0.6 is 35.1 Å². The summed E-state index contributed by atoms with van der Waals surface area (Å²) >= 11 is 4.85. The van der Waals surface area contributed by atoms with Crippen LogP contribution in [0.15, 0.2) is 122 Å². The van der Waals surface area contributed by atoms with Crippen molar-refractivity contribution in [1.82, 2.24) is 0 Å². The van der Waals surface area contributed by atoms with Crippen LogP contribution in [-0.2, 0) is 10.9 Å². The first-order valence-electron chi connectivity index (χ1n) is 10.1. The number of carbonyl (C=O) groups is 1. The van der Waals surface area contributed by atoms with Gasteiger partial charge in [-0.15, -0.1) is 11.3 Å². The van der Waals surface area contributed by atoms with Gasteiger partial charge in [-0.1, -0.05) is 42.5 Å². The van der Waals surface area contributed by atoms with E-state index in [2.05, 4.69) is 88.7 Å². The Labute approximate surface area is 219 Å². The Bertz CT molecular complexity index is 1290. The summed E-state index contributed by atoms with van der Waals surface area (Å²) in [5.74, 6) is 0.0260. The minimum atomic E-state index is -10.7. The molecular formula is C25H18BrF6OPS2. The average molecular weight is 623 g/mol. The van der Waals surface area contributed by atoms with Crippen LogP contribution in [-0.4, -0.2) is 5.78 Å². The molecule has 0 bridgehead atoms. The van der Waals surface area contributed by atoms with Gasteiger partial charge in [0.25, 0.3) is 0 Å². The van der Waals surface area contributed by atoms with E-state index in [9.17, 15) is 30.0 Å². The Kier molecular flexibility index (Phi) is 8.25. The van der Waals surface area contributed by atoms with Crippen LogP contribution < -0.4 is 0 Å². The third kappa shape index (κ3) is 10.3. The number of thiophene rings is 1. The molecule has 0 amide bonds. The molecule has 0 radical (unpaired) electrons. The average Bonchev–Trinajstić information content (AvgIpc) is 3.24. The molecular weight excluding hydrogens is 605 g/mol. The largest absolute Gasteiger partial charge is 0.288 e. The molecule has 0 unspecified atom stereocenters. The predicted octanol–water partition coefficient (Wildman–Crippen LogP) is 10.9. The number of hydrogen-bond donors (Lipinski definition) is 0. The second-order valence-electron chi connectivity index (χ2n) is 7.26. The van der Waals surface area contributed by atoms with Crippen LogP contribution in [0.1, 0.15) is 15.2 Å². The minimum absolute atomic E-state index is 0.0260. The fourth-order valence-electron chi connectivity index (χ4n) is 2.94. The first kappa shape index (κ1) is 28.2. The molecule has 11 heteroatoms. The molecule has 36 heavy (non-hydrogen) atoms. The van der Waals surface area contributed by atoms with Crippen molar-refractivity contribution in [2.24, 2.45) is 0 Å². The van der Waals surface area contributed by atoms with E-state index in [1.165, 1.54) is 26.0 Å². The van der Waals surface area contributed by atoms with E-state index in [4.69, 9.17) is 0 Å². The molecule has 0 saturated carbocycles. The number of rotatable bonds is 6. The van der Waals surface area contributed by atoms with Crippen LogP contribution in [0.25, 0.3) is 6.08 Å². The van der Waals surface area contributed by atoms with Crippen LogP contribution in [0.4, 0.5) is 25.2 Å². The van der Waals surface area contributed by atoms with Gasteiger partial charge < -0.3 is 0 Å². The number of hydrogen-bond acceptors (Lipinski definition) is 2. The van der Waals surface area contributed by atoms with Gasteiger partial charge in [-0.25, -0.2) is 0 Å². The molecule has 0 fully saturated rings. The predicted molar refractivity (Wildman–Crippen MR) is 140 cm³/mol. The molecule has 4 aromatic rings. The van der Waals surface area contributed by atoms with Crippen molar-refractivity contribution in [2.75, 3.05) is 0 Å². The summed E-state index contributed by atoms with van der Waals surface area (Å²) < 4.78 is 60.2. The van der Waals surface area contributed by atoms with Crippen molar-refractivity contribution in [3.8, 4) is 0 Å². The summed E-state index contributed by atoms with van der Waals surface area (Å²) in [5, 5.41) is 0. The zero-order valence-corrected chi connectivity index (χ0v) is 22.3. The Balaban J connectivity index is 0.000000454. The van der Waals surface area contributed by atoms with Gasteiger partial charge in [-0.3, -0.25) is 4.79 Å². The van der Waals surface area contributed by atoms with Crippen molar-refractivity contribution in [3.05, 3.63) is 117 Å². The molecule has 0 saturated heterocycles. The third-order valence-electron chi connectivity index (χ3n) is 4.32. The third-order valence-corrected chi connectivity index (χ3v) is 8.19. The first-order chi connectivity index (χ1) is 16.7. The summed E-state index contributed by atoms with van der Waals surface area (Å²) in [6.07, 6.45) is 3.52. The van der Waals surface area contributed by atoms with E-state index in [0.717, 1.165) is 14.2 Å². The number of carbonyl (C=O) groups excluding carboxylic acids is 1. The summed E-state index contributed by atoms with van der Waals surface area (Å²) in [7, 11) is -10.8. The van der Waals surface area contributed by atoms with Gasteiger partial charge >= 0.3 is 33.0 Å². The summed E-state index contributed by atoms with van der Waals surface area (Å²) in [5.41, 5.74) is 1.02. The maximum Gasteiger partial charge on any atom is 0.195 e. The molecule has 0 atom stereocenters. The maximum atomic E-state index is 12.3. The van der Waals surface area contributed by atoms with E-state index in [1.54, 1.807) is 6.08 Å². The number of allylic oxidation sites excluding steroid dienone is 1. The van der Waals surface area contributed by atoms with Crippen molar-refractivity contribution in [3.63, 3.8) is 0 Å². The monoisotopic (exact) mass is 622 g/mol. The second kappa shape index (κ2) is 10.5. The quantitative estimate of drug-likeness (QED) is 0.0687. The molecule has 1 heterocycles. The fraction of sp³-hybridized carbons (Fsp3) is 0. The van der Waals surface area contributed by atoms with Crippen LogP contribution in [0.3, 0.4) is 0 Å². The fourth-order valence-corrected chi connectivity index (χ4v) is 6.33. The molecule has 1 nitrogen and oxygen atoms in total. The molecule has 0 aliphatic carbocycles. The van der Waals surface area contributed by atoms with E-state index in [1.807, 2.05) is 30.3 Å². The molecule has 0 N–H and O–H groups in total. The molecule has 4 rings (SSSR count). The molecule has 0 aliphatic heterocycles. The molecule has 3 aromatic carbocycles. The Hall–Kier alpha value is -2.39. The number of benzene rings is 3. The number of ketones is 1. The van der Waals surface area contributed by atoms with Crippen molar-refractivity contribution >= 4 is 57.8 Å². The van der Waals surface area contributed by atoms with Gasteiger partial charge in [0.2, 0.25) is 0 Å². The molecule has 0 spiro atoms. The van der Waals surface area contributed by atoms with Gasteiger partial charge in [-0.2, -0.15) is 0 Å². The Morgan fingerprint density at radius 1 is 0.694 bits per heavy atom. The van der Waals surface area contributed by atoms with Gasteiger partial charge in [-0.05, 0) is 88.2 Å². The van der Waals surface area contributed by atoms with Crippen LogP contribution in [0.2, 0.25) is 0 Å². The topological polar surface area (TPSA) is 17.1 Å². The van der Waals surface area contributed by atoms with Gasteiger partial charge in [0, 0.05) is 0 Å². The standard InChI is InChI=1S/C25H18BrOS2.F6P/c26-25-18-17-24(28-25)23(27)16-13-19-11-14-22(15-12-19)29(20-7-3-1-4-8-20)21-9-5-2-6-10-21;1-7(2,3,4,5)6/h1-18H;/q+1;-1/b16-13+;. The van der Waals surface area contributed by atoms with Gasteiger partial charge in [0.15, 0.2) is 20.5 Å². The first-order valence-corrected chi connectivity index (χ1v) is 15.0. The number of halogens is 7. The molecule has 1 aromatic heterocycles. The molecule has 190 valence electrons. The van der Waals surface area contributed by atoms with Gasteiger partial charge in [0.05, 0.1) is 19.6 Å². The summed E-state index contributed by atoms with van der Waals surface area (Å²) in [6.45, 7) is 0. The second-order valence-corrected chi connectivity index (χ2v) is 13.7. The van der Waals surface area contributed by atoms with Crippen molar-refractivity contribution in [1.29, 1.82) is 0 Å². The van der Waals surface area contributed by atoms with E-state index in [0.29, 0.717) is 0 Å². The minimum Gasteiger partial charge on any atom is -0.288 e. The molecule has 0 aliphatic rings. The van der Waals surface area contributed by atoms with E-state index >= 15 is 0 Å². The van der Waals surface area contributed by atoms with Gasteiger partial charge in [0.1, 0.15) is 0 Å². The zero-order valence-electron chi connectivity index (χ0n) is 18.2. The van der Waals surface area contributed by atoms with Crippen molar-refractivity contribution < 1.29 is 30.0 Å². The van der Waals surface area contributed by atoms with Crippen molar-refractivity contribution in [2.45, 2.75) is 14.7 Å². The van der Waals surface area contributed by atoms with Crippen LogP contribution in [0, 0.1) is 0 Å². The normalized spacial score (nSPS) is 13.6.